The lowest BCUT2D eigenvalue weighted by Crippen LogP contribution is -2.17. The van der Waals surface area contributed by atoms with E-state index in [1.54, 1.807) is 0 Å². The molecule has 0 radical (unpaired) electrons. The molecule has 1 nitrogen and oxygen atoms in total. The summed E-state index contributed by atoms with van der Waals surface area (Å²) in [6, 6.07) is 8.56. The third kappa shape index (κ3) is 6.23. The molecule has 0 saturated carbocycles. The second kappa shape index (κ2) is 8.20. The van der Waals surface area contributed by atoms with Gasteiger partial charge in [-0.3, -0.25) is 0 Å². The molecular formula is C12H18BrNS. The Kier molecular flexibility index (Phi) is 7.14. The van der Waals surface area contributed by atoms with Crippen LogP contribution in [0.4, 0.5) is 0 Å². The Labute approximate surface area is 105 Å². The van der Waals surface area contributed by atoms with Crippen molar-refractivity contribution in [1.82, 2.24) is 5.32 Å². The molecule has 84 valence electrons. The van der Waals surface area contributed by atoms with Crippen LogP contribution in [-0.2, 0) is 5.75 Å². The quantitative estimate of drug-likeness (QED) is 0.768. The molecule has 1 aromatic rings. The van der Waals surface area contributed by atoms with Crippen LogP contribution < -0.4 is 5.32 Å². The summed E-state index contributed by atoms with van der Waals surface area (Å²) < 4.78 is 1.15. The molecule has 0 aliphatic heterocycles. The van der Waals surface area contributed by atoms with Crippen LogP contribution in [-0.4, -0.2) is 18.8 Å². The molecule has 0 aliphatic carbocycles. The molecule has 0 saturated heterocycles. The van der Waals surface area contributed by atoms with Gasteiger partial charge in [0.15, 0.2) is 0 Å². The average Bonchev–Trinajstić information content (AvgIpc) is 2.26. The molecule has 15 heavy (non-hydrogen) atoms. The van der Waals surface area contributed by atoms with Crippen LogP contribution in [0.5, 0.6) is 0 Å². The van der Waals surface area contributed by atoms with Crippen LogP contribution in [0.1, 0.15) is 18.9 Å². The molecule has 1 rings (SSSR count). The molecule has 0 aliphatic rings. The molecule has 0 amide bonds. The van der Waals surface area contributed by atoms with Crippen LogP contribution in [0.15, 0.2) is 28.7 Å². The predicted octanol–water partition coefficient (Wildman–Crippen LogP) is 3.68. The minimum Gasteiger partial charge on any atom is -0.316 e. The predicted molar refractivity (Wildman–Crippen MR) is 73.5 cm³/mol. The van der Waals surface area contributed by atoms with Crippen LogP contribution in [0.2, 0.25) is 0 Å². The van der Waals surface area contributed by atoms with Gasteiger partial charge >= 0.3 is 0 Å². The fourth-order valence-electron chi connectivity index (χ4n) is 1.22. The van der Waals surface area contributed by atoms with Gasteiger partial charge in [-0.05, 0) is 30.7 Å². The Morgan fingerprint density at radius 1 is 1.20 bits per heavy atom. The van der Waals surface area contributed by atoms with Crippen LogP contribution in [0.3, 0.4) is 0 Å². The van der Waals surface area contributed by atoms with Crippen molar-refractivity contribution in [3.8, 4) is 0 Å². The molecule has 0 spiro atoms. The lowest BCUT2D eigenvalue weighted by molar-refractivity contribution is 0.707. The fraction of sp³-hybridized carbons (Fsp3) is 0.500. The molecule has 0 unspecified atom stereocenters. The van der Waals surface area contributed by atoms with E-state index < -0.39 is 0 Å². The second-order valence-electron chi connectivity index (χ2n) is 3.43. The highest BCUT2D eigenvalue weighted by molar-refractivity contribution is 9.10. The molecular weight excluding hydrogens is 270 g/mol. The van der Waals surface area contributed by atoms with Gasteiger partial charge in [-0.15, -0.1) is 0 Å². The van der Waals surface area contributed by atoms with Crippen LogP contribution >= 0.6 is 27.7 Å². The average molecular weight is 288 g/mol. The fourth-order valence-corrected chi connectivity index (χ4v) is 2.34. The van der Waals surface area contributed by atoms with Gasteiger partial charge in [0, 0.05) is 22.5 Å². The number of hydrogen-bond donors (Lipinski definition) is 1. The monoisotopic (exact) mass is 287 g/mol. The maximum atomic E-state index is 3.44. The van der Waals surface area contributed by atoms with Crippen molar-refractivity contribution in [3.05, 3.63) is 34.3 Å². The highest BCUT2D eigenvalue weighted by Gasteiger charge is 1.93. The largest absolute Gasteiger partial charge is 0.316 e. The minimum absolute atomic E-state index is 1.11. The summed E-state index contributed by atoms with van der Waals surface area (Å²) in [6.45, 7) is 4.45. The Balaban J connectivity index is 2.07. The summed E-state index contributed by atoms with van der Waals surface area (Å²) >= 11 is 5.42. The summed E-state index contributed by atoms with van der Waals surface area (Å²) in [6.07, 6.45) is 1.22. The highest BCUT2D eigenvalue weighted by atomic mass is 79.9. The number of benzene rings is 1. The third-order valence-corrected chi connectivity index (χ3v) is 3.59. The van der Waals surface area contributed by atoms with E-state index in [1.807, 2.05) is 11.8 Å². The summed E-state index contributed by atoms with van der Waals surface area (Å²) in [5.74, 6) is 2.30. The first kappa shape index (κ1) is 13.1. The molecule has 0 bridgehead atoms. The van der Waals surface area contributed by atoms with E-state index in [0.29, 0.717) is 0 Å². The maximum Gasteiger partial charge on any atom is 0.0185 e. The summed E-state index contributed by atoms with van der Waals surface area (Å²) in [5, 5.41) is 3.40. The normalized spacial score (nSPS) is 10.5. The molecule has 1 N–H and O–H groups in total. The third-order valence-electron chi connectivity index (χ3n) is 2.03. The molecule has 0 aromatic heterocycles. The topological polar surface area (TPSA) is 12.0 Å². The van der Waals surface area contributed by atoms with Crippen molar-refractivity contribution in [2.45, 2.75) is 19.1 Å². The van der Waals surface area contributed by atoms with Crippen molar-refractivity contribution in [3.63, 3.8) is 0 Å². The zero-order chi connectivity index (χ0) is 10.9. The lowest BCUT2D eigenvalue weighted by atomic mass is 10.2. The molecule has 1 aromatic carbocycles. The van der Waals surface area contributed by atoms with Crippen molar-refractivity contribution in [1.29, 1.82) is 0 Å². The molecule has 0 atom stereocenters. The zero-order valence-electron chi connectivity index (χ0n) is 9.13. The van der Waals surface area contributed by atoms with Crippen LogP contribution in [0, 0.1) is 0 Å². The van der Waals surface area contributed by atoms with Gasteiger partial charge in [-0.1, -0.05) is 35.0 Å². The molecule has 3 heteroatoms. The number of nitrogens with one attached hydrogen (secondary N) is 1. The van der Waals surface area contributed by atoms with Gasteiger partial charge in [0.25, 0.3) is 0 Å². The van der Waals surface area contributed by atoms with Gasteiger partial charge in [0.05, 0.1) is 0 Å². The summed E-state index contributed by atoms with van der Waals surface area (Å²) in [4.78, 5) is 0. The number of thioether (sulfide) groups is 1. The van der Waals surface area contributed by atoms with E-state index in [4.69, 9.17) is 0 Å². The summed E-state index contributed by atoms with van der Waals surface area (Å²) in [7, 11) is 0. The smallest absolute Gasteiger partial charge is 0.0185 e. The van der Waals surface area contributed by atoms with E-state index in [-0.39, 0.29) is 0 Å². The Bertz CT molecular complexity index is 261. The van der Waals surface area contributed by atoms with Crippen LogP contribution in [0.25, 0.3) is 0 Å². The lowest BCUT2D eigenvalue weighted by Gasteiger charge is -2.03. The minimum atomic E-state index is 1.11. The van der Waals surface area contributed by atoms with Gasteiger partial charge in [0.2, 0.25) is 0 Å². The van der Waals surface area contributed by atoms with Gasteiger partial charge in [0.1, 0.15) is 0 Å². The van der Waals surface area contributed by atoms with E-state index in [2.05, 4.69) is 52.4 Å². The Hall–Kier alpha value is 0.01000. The number of halogens is 1. The Morgan fingerprint density at radius 3 is 2.60 bits per heavy atom. The first-order valence-corrected chi connectivity index (χ1v) is 7.30. The first-order valence-electron chi connectivity index (χ1n) is 5.36. The first-order chi connectivity index (χ1) is 7.33. The van der Waals surface area contributed by atoms with Gasteiger partial charge < -0.3 is 5.32 Å². The van der Waals surface area contributed by atoms with E-state index in [1.165, 1.54) is 17.7 Å². The van der Waals surface area contributed by atoms with Crippen molar-refractivity contribution < 1.29 is 0 Å². The van der Waals surface area contributed by atoms with E-state index in [0.717, 1.165) is 23.3 Å². The van der Waals surface area contributed by atoms with Gasteiger partial charge in [-0.2, -0.15) is 11.8 Å². The van der Waals surface area contributed by atoms with E-state index in [9.17, 15) is 0 Å². The molecule has 0 fully saturated rings. The second-order valence-corrected chi connectivity index (χ2v) is 5.45. The van der Waals surface area contributed by atoms with Crippen molar-refractivity contribution >= 4 is 27.7 Å². The maximum absolute atomic E-state index is 3.44. The number of rotatable bonds is 7. The van der Waals surface area contributed by atoms with Crippen molar-refractivity contribution in [2.75, 3.05) is 18.8 Å². The SMILES string of the molecule is CCCNCCSCc1ccc(Br)cc1. The molecule has 0 heterocycles. The zero-order valence-corrected chi connectivity index (χ0v) is 11.5. The Morgan fingerprint density at radius 2 is 1.93 bits per heavy atom. The van der Waals surface area contributed by atoms with E-state index >= 15 is 0 Å². The standard InChI is InChI=1S/C12H18BrNS/c1-2-7-14-8-9-15-10-11-3-5-12(13)6-4-11/h3-6,14H,2,7-10H2,1H3. The highest BCUT2D eigenvalue weighted by Crippen LogP contribution is 2.15. The van der Waals surface area contributed by atoms with Crippen molar-refractivity contribution in [2.24, 2.45) is 0 Å². The number of hydrogen-bond acceptors (Lipinski definition) is 2. The van der Waals surface area contributed by atoms with Gasteiger partial charge in [-0.25, -0.2) is 0 Å². The summed E-state index contributed by atoms with van der Waals surface area (Å²) in [5.41, 5.74) is 1.40.